The van der Waals surface area contributed by atoms with Crippen LogP contribution in [0.3, 0.4) is 0 Å². The fourth-order valence-corrected chi connectivity index (χ4v) is 3.32. The van der Waals surface area contributed by atoms with Crippen molar-refractivity contribution in [1.29, 1.82) is 0 Å². The molecule has 0 fully saturated rings. The van der Waals surface area contributed by atoms with E-state index in [0.717, 1.165) is 4.31 Å². The standard InChI is InChI=1S/C13H19NO4S/c1-4-14(10-13(15)18-5-2)19(16,17)12-9-7-6-8-11(12)3/h6-9H,4-5,10H2,1-3H3. The summed E-state index contributed by atoms with van der Waals surface area (Å²) in [5.41, 5.74) is 0.657. The molecular formula is C13H19NO4S. The number of sulfonamides is 1. The van der Waals surface area contributed by atoms with Gasteiger partial charge in [0.25, 0.3) is 0 Å². The van der Waals surface area contributed by atoms with Gasteiger partial charge in [-0.3, -0.25) is 4.79 Å². The van der Waals surface area contributed by atoms with Crippen molar-refractivity contribution in [1.82, 2.24) is 4.31 Å². The quantitative estimate of drug-likeness (QED) is 0.744. The van der Waals surface area contributed by atoms with Crippen molar-refractivity contribution >= 4 is 16.0 Å². The van der Waals surface area contributed by atoms with Gasteiger partial charge in [0.05, 0.1) is 11.5 Å². The second-order valence-electron chi connectivity index (χ2n) is 4.00. The van der Waals surface area contributed by atoms with Crippen LogP contribution in [0.25, 0.3) is 0 Å². The third-order valence-corrected chi connectivity index (χ3v) is 4.76. The third-order valence-electron chi connectivity index (χ3n) is 2.67. The van der Waals surface area contributed by atoms with Crippen LogP contribution in [0.15, 0.2) is 29.2 Å². The van der Waals surface area contributed by atoms with E-state index in [1.54, 1.807) is 45.0 Å². The molecule has 0 radical (unpaired) electrons. The lowest BCUT2D eigenvalue weighted by molar-refractivity contribution is -0.143. The van der Waals surface area contributed by atoms with Crippen molar-refractivity contribution in [3.05, 3.63) is 29.8 Å². The van der Waals surface area contributed by atoms with E-state index in [-0.39, 0.29) is 24.6 Å². The molecule has 0 unspecified atom stereocenters. The fourth-order valence-electron chi connectivity index (χ4n) is 1.70. The molecule has 1 rings (SSSR count). The SMILES string of the molecule is CCOC(=O)CN(CC)S(=O)(=O)c1ccccc1C. The zero-order valence-corrected chi connectivity index (χ0v) is 12.2. The van der Waals surface area contributed by atoms with Gasteiger partial charge in [0.1, 0.15) is 6.54 Å². The molecule has 0 saturated carbocycles. The number of carbonyl (C=O) groups excluding carboxylic acids is 1. The molecule has 0 aromatic heterocycles. The molecule has 0 aliphatic heterocycles. The monoisotopic (exact) mass is 285 g/mol. The molecule has 6 heteroatoms. The average Bonchev–Trinajstić information content (AvgIpc) is 2.36. The first-order valence-electron chi connectivity index (χ1n) is 6.14. The second kappa shape index (κ2) is 6.68. The predicted octanol–water partition coefficient (Wildman–Crippen LogP) is 1.57. The minimum absolute atomic E-state index is 0.218. The van der Waals surface area contributed by atoms with Crippen molar-refractivity contribution in [2.45, 2.75) is 25.7 Å². The Bertz CT molecular complexity index is 539. The molecule has 0 atom stereocenters. The Hall–Kier alpha value is -1.40. The number of benzene rings is 1. The number of likely N-dealkylation sites (N-methyl/N-ethyl adjacent to an activating group) is 1. The largest absolute Gasteiger partial charge is 0.465 e. The molecule has 0 aliphatic rings. The molecule has 106 valence electrons. The van der Waals surface area contributed by atoms with Crippen molar-refractivity contribution in [3.8, 4) is 0 Å². The van der Waals surface area contributed by atoms with Crippen LogP contribution in [-0.2, 0) is 19.6 Å². The van der Waals surface area contributed by atoms with Crippen LogP contribution in [0.2, 0.25) is 0 Å². The van der Waals surface area contributed by atoms with Crippen LogP contribution < -0.4 is 0 Å². The second-order valence-corrected chi connectivity index (χ2v) is 5.91. The summed E-state index contributed by atoms with van der Waals surface area (Å²) in [4.78, 5) is 11.7. The lowest BCUT2D eigenvalue weighted by Crippen LogP contribution is -2.36. The first-order chi connectivity index (χ1) is 8.93. The van der Waals surface area contributed by atoms with Crippen molar-refractivity contribution in [2.75, 3.05) is 19.7 Å². The van der Waals surface area contributed by atoms with E-state index >= 15 is 0 Å². The van der Waals surface area contributed by atoms with Gasteiger partial charge in [0.2, 0.25) is 10.0 Å². The minimum Gasteiger partial charge on any atom is -0.465 e. The Balaban J connectivity index is 3.03. The lowest BCUT2D eigenvalue weighted by atomic mass is 10.2. The summed E-state index contributed by atoms with van der Waals surface area (Å²) in [6.45, 7) is 5.29. The number of carbonyl (C=O) groups is 1. The first kappa shape index (κ1) is 15.7. The maximum Gasteiger partial charge on any atom is 0.321 e. The zero-order chi connectivity index (χ0) is 14.5. The summed E-state index contributed by atoms with van der Waals surface area (Å²) >= 11 is 0. The maximum atomic E-state index is 12.4. The molecule has 19 heavy (non-hydrogen) atoms. The molecular weight excluding hydrogens is 266 g/mol. The van der Waals surface area contributed by atoms with E-state index in [0.29, 0.717) is 5.56 Å². The number of hydrogen-bond donors (Lipinski definition) is 0. The molecule has 5 nitrogen and oxygen atoms in total. The Morgan fingerprint density at radius 1 is 1.26 bits per heavy atom. The molecule has 0 N–H and O–H groups in total. The topological polar surface area (TPSA) is 63.7 Å². The van der Waals surface area contributed by atoms with Crippen molar-refractivity contribution in [2.24, 2.45) is 0 Å². The Morgan fingerprint density at radius 3 is 2.42 bits per heavy atom. The highest BCUT2D eigenvalue weighted by Gasteiger charge is 2.26. The molecule has 0 bridgehead atoms. The van der Waals surface area contributed by atoms with Crippen molar-refractivity contribution < 1.29 is 17.9 Å². The average molecular weight is 285 g/mol. The molecule has 0 aliphatic carbocycles. The number of aryl methyl sites for hydroxylation is 1. The van der Waals surface area contributed by atoms with Gasteiger partial charge in [-0.1, -0.05) is 25.1 Å². The van der Waals surface area contributed by atoms with Gasteiger partial charge in [0.15, 0.2) is 0 Å². The van der Waals surface area contributed by atoms with E-state index in [1.165, 1.54) is 0 Å². The third kappa shape index (κ3) is 3.78. The highest BCUT2D eigenvalue weighted by Crippen LogP contribution is 2.19. The summed E-state index contributed by atoms with van der Waals surface area (Å²) < 4.78 is 30.8. The van der Waals surface area contributed by atoms with Gasteiger partial charge in [0, 0.05) is 6.54 Å². The Labute approximate surface area is 114 Å². The number of ether oxygens (including phenoxy) is 1. The summed E-state index contributed by atoms with van der Waals surface area (Å²) in [7, 11) is -3.66. The molecule has 0 spiro atoms. The summed E-state index contributed by atoms with van der Waals surface area (Å²) in [5, 5.41) is 0. The van der Waals surface area contributed by atoms with E-state index in [9.17, 15) is 13.2 Å². The summed E-state index contributed by atoms with van der Waals surface area (Å²) in [6.07, 6.45) is 0. The number of rotatable bonds is 6. The van der Waals surface area contributed by atoms with E-state index in [4.69, 9.17) is 4.74 Å². The van der Waals surface area contributed by atoms with Crippen LogP contribution in [0.4, 0.5) is 0 Å². The maximum absolute atomic E-state index is 12.4. The van der Waals surface area contributed by atoms with Crippen LogP contribution in [-0.4, -0.2) is 38.4 Å². The lowest BCUT2D eigenvalue weighted by Gasteiger charge is -2.20. The molecule has 1 aromatic carbocycles. The Kier molecular flexibility index (Phi) is 5.50. The molecule has 1 aromatic rings. The summed E-state index contributed by atoms with van der Waals surface area (Å²) in [6, 6.07) is 6.71. The van der Waals surface area contributed by atoms with E-state index in [1.807, 2.05) is 0 Å². The molecule has 0 amide bonds. The van der Waals surface area contributed by atoms with Crippen LogP contribution in [0.5, 0.6) is 0 Å². The molecule has 0 saturated heterocycles. The highest BCUT2D eigenvalue weighted by atomic mass is 32.2. The van der Waals surface area contributed by atoms with Gasteiger partial charge in [-0.15, -0.1) is 0 Å². The predicted molar refractivity (Wildman–Crippen MR) is 72.2 cm³/mol. The van der Waals surface area contributed by atoms with E-state index < -0.39 is 16.0 Å². The minimum atomic E-state index is -3.66. The molecule has 0 heterocycles. The Morgan fingerprint density at radius 2 is 1.89 bits per heavy atom. The van der Waals surface area contributed by atoms with Gasteiger partial charge in [-0.2, -0.15) is 4.31 Å². The number of esters is 1. The van der Waals surface area contributed by atoms with Crippen LogP contribution in [0.1, 0.15) is 19.4 Å². The smallest absolute Gasteiger partial charge is 0.321 e. The number of hydrogen-bond acceptors (Lipinski definition) is 4. The van der Waals surface area contributed by atoms with E-state index in [2.05, 4.69) is 0 Å². The van der Waals surface area contributed by atoms with Gasteiger partial charge in [-0.05, 0) is 25.5 Å². The van der Waals surface area contributed by atoms with Gasteiger partial charge < -0.3 is 4.74 Å². The van der Waals surface area contributed by atoms with Gasteiger partial charge >= 0.3 is 5.97 Å². The van der Waals surface area contributed by atoms with Crippen LogP contribution in [0, 0.1) is 6.92 Å². The number of nitrogens with zero attached hydrogens (tertiary/aromatic N) is 1. The van der Waals surface area contributed by atoms with Crippen molar-refractivity contribution in [3.63, 3.8) is 0 Å². The van der Waals surface area contributed by atoms with Crippen LogP contribution >= 0.6 is 0 Å². The van der Waals surface area contributed by atoms with Gasteiger partial charge in [-0.25, -0.2) is 8.42 Å². The normalized spacial score (nSPS) is 11.6. The summed E-state index contributed by atoms with van der Waals surface area (Å²) in [5.74, 6) is -0.540. The highest BCUT2D eigenvalue weighted by molar-refractivity contribution is 7.89. The fraction of sp³-hybridized carbons (Fsp3) is 0.462. The zero-order valence-electron chi connectivity index (χ0n) is 11.4. The first-order valence-corrected chi connectivity index (χ1v) is 7.58.